The largest absolute Gasteiger partial charge is 0.480 e. The molecular weight excluding hydrogens is 515 g/mol. The summed E-state index contributed by atoms with van der Waals surface area (Å²) in [5.74, 6) is 0.927. The fourth-order valence-electron chi connectivity index (χ4n) is 3.61. The van der Waals surface area contributed by atoms with Gasteiger partial charge in [0.25, 0.3) is 0 Å². The maximum absolute atomic E-state index is 13.0. The third kappa shape index (κ3) is 5.71. The van der Waals surface area contributed by atoms with Gasteiger partial charge in [0.1, 0.15) is 5.75 Å². The minimum Gasteiger partial charge on any atom is -0.480 e. The average molecular weight is 535 g/mol. The number of aromatic nitrogens is 5. The van der Waals surface area contributed by atoms with E-state index >= 15 is 0 Å². The number of carbonyl (C=O) groups excluding carboxylic acids is 1. The Bertz CT molecular complexity index is 1640. The van der Waals surface area contributed by atoms with Gasteiger partial charge in [-0.3, -0.25) is 0 Å². The summed E-state index contributed by atoms with van der Waals surface area (Å²) in [4.78, 5) is 24.8. The predicted octanol–water partition coefficient (Wildman–Crippen LogP) is 5.96. The van der Waals surface area contributed by atoms with Gasteiger partial charge in [-0.25, -0.2) is 24.3 Å². The molecule has 0 unspecified atom stereocenters. The van der Waals surface area contributed by atoms with Crippen LogP contribution in [-0.2, 0) is 6.18 Å². The molecule has 5 rings (SSSR count). The first kappa shape index (κ1) is 25.4. The van der Waals surface area contributed by atoms with Gasteiger partial charge in [0.2, 0.25) is 5.88 Å². The van der Waals surface area contributed by atoms with Crippen molar-refractivity contribution < 1.29 is 27.4 Å². The molecule has 3 heterocycles. The molecule has 0 radical (unpaired) electrons. The van der Waals surface area contributed by atoms with Crippen LogP contribution in [0.5, 0.6) is 17.6 Å². The highest BCUT2D eigenvalue weighted by atomic mass is 19.4. The van der Waals surface area contributed by atoms with E-state index in [1.807, 2.05) is 12.1 Å². The van der Waals surface area contributed by atoms with Crippen molar-refractivity contribution in [3.8, 4) is 28.9 Å². The van der Waals surface area contributed by atoms with Crippen LogP contribution in [0.1, 0.15) is 11.1 Å². The monoisotopic (exact) mass is 535 g/mol. The number of methoxy groups -OCH3 is 1. The third-order valence-corrected chi connectivity index (χ3v) is 5.61. The number of rotatable bonds is 6. The maximum atomic E-state index is 13.0. The van der Waals surface area contributed by atoms with Crippen LogP contribution in [0.15, 0.2) is 73.2 Å². The molecule has 2 amide bonds. The normalized spacial score (nSPS) is 11.3. The van der Waals surface area contributed by atoms with Gasteiger partial charge >= 0.3 is 18.2 Å². The van der Waals surface area contributed by atoms with Crippen molar-refractivity contribution in [1.29, 1.82) is 0 Å². The fraction of sp³-hybridized carbons (Fsp3) is 0.115. The lowest BCUT2D eigenvalue weighted by atomic mass is 10.1. The van der Waals surface area contributed by atoms with Crippen LogP contribution in [0.4, 0.5) is 29.3 Å². The molecule has 0 aliphatic rings. The molecular formula is C26H20F3N7O3. The number of amides is 2. The zero-order chi connectivity index (χ0) is 27.6. The van der Waals surface area contributed by atoms with E-state index < -0.39 is 17.8 Å². The van der Waals surface area contributed by atoms with Crippen LogP contribution >= 0.6 is 0 Å². The number of alkyl halides is 3. The first-order valence-corrected chi connectivity index (χ1v) is 11.4. The van der Waals surface area contributed by atoms with Crippen molar-refractivity contribution in [2.75, 3.05) is 17.7 Å². The summed E-state index contributed by atoms with van der Waals surface area (Å²) in [5.41, 5.74) is 2.14. The summed E-state index contributed by atoms with van der Waals surface area (Å²) in [6, 6.07) is 13.0. The lowest BCUT2D eigenvalue weighted by molar-refractivity contribution is -0.137. The number of nitrogens with one attached hydrogen (secondary N) is 2. The molecule has 198 valence electrons. The predicted molar refractivity (Wildman–Crippen MR) is 136 cm³/mol. The summed E-state index contributed by atoms with van der Waals surface area (Å²) in [6.07, 6.45) is -0.194. The molecule has 10 nitrogen and oxygen atoms in total. The summed E-state index contributed by atoms with van der Waals surface area (Å²) in [6.45, 7) is 1.59. The molecule has 5 aromatic rings. The highest BCUT2D eigenvalue weighted by Crippen LogP contribution is 2.32. The van der Waals surface area contributed by atoms with Crippen molar-refractivity contribution in [2.24, 2.45) is 0 Å². The van der Waals surface area contributed by atoms with E-state index in [0.29, 0.717) is 22.8 Å². The van der Waals surface area contributed by atoms with Crippen molar-refractivity contribution in [2.45, 2.75) is 13.1 Å². The van der Waals surface area contributed by atoms with E-state index in [4.69, 9.17) is 9.47 Å². The second-order valence-electron chi connectivity index (χ2n) is 8.28. The van der Waals surface area contributed by atoms with Crippen LogP contribution in [0, 0.1) is 6.92 Å². The van der Waals surface area contributed by atoms with E-state index in [1.165, 1.54) is 25.6 Å². The highest BCUT2D eigenvalue weighted by molar-refractivity contribution is 6.00. The number of hydrogen-bond donors (Lipinski definition) is 2. The number of nitrogens with zero attached hydrogens (tertiary/aromatic N) is 5. The van der Waals surface area contributed by atoms with E-state index in [2.05, 4.69) is 30.7 Å². The molecule has 39 heavy (non-hydrogen) atoms. The molecule has 0 fully saturated rings. The van der Waals surface area contributed by atoms with Gasteiger partial charge in [0, 0.05) is 17.3 Å². The lowest BCUT2D eigenvalue weighted by Gasteiger charge is -2.13. The van der Waals surface area contributed by atoms with E-state index in [-0.39, 0.29) is 17.4 Å². The van der Waals surface area contributed by atoms with Crippen molar-refractivity contribution >= 4 is 23.1 Å². The first-order valence-electron chi connectivity index (χ1n) is 11.4. The molecule has 0 atom stereocenters. The van der Waals surface area contributed by atoms with Gasteiger partial charge in [0.15, 0.2) is 5.65 Å². The van der Waals surface area contributed by atoms with Gasteiger partial charge in [-0.15, -0.1) is 5.10 Å². The standard InChI is InChI=1S/C26H20F3N7O3/c1-15-3-6-17(26(27,28)29)11-20(15)34-24(37)33-18-12-31-25(32-13-18)39-19-7-4-16(5-8-19)21-14-30-22-9-10-23(38-2)35-36(21)22/h3-14H,1-2H3,(H2,33,34,37). The summed E-state index contributed by atoms with van der Waals surface area (Å²) in [5, 5.41) is 9.27. The second kappa shape index (κ2) is 10.3. The molecule has 0 spiro atoms. The molecule has 0 aliphatic carbocycles. The van der Waals surface area contributed by atoms with Crippen LogP contribution in [0.3, 0.4) is 0 Å². The fourth-order valence-corrected chi connectivity index (χ4v) is 3.61. The summed E-state index contributed by atoms with van der Waals surface area (Å²) < 4.78 is 51.5. The van der Waals surface area contributed by atoms with E-state index in [0.717, 1.165) is 23.4 Å². The van der Waals surface area contributed by atoms with Crippen LogP contribution in [0.25, 0.3) is 16.9 Å². The van der Waals surface area contributed by atoms with Gasteiger partial charge in [-0.05, 0) is 55.0 Å². The molecule has 0 bridgehead atoms. The SMILES string of the molecule is COc1ccc2ncc(-c3ccc(Oc4ncc(NC(=O)Nc5cc(C(F)(F)F)ccc5C)cn4)cc3)n2n1. The molecule has 0 saturated carbocycles. The average Bonchev–Trinajstić information content (AvgIpc) is 3.34. The number of hydrogen-bond acceptors (Lipinski definition) is 7. The van der Waals surface area contributed by atoms with Gasteiger partial charge in [0.05, 0.1) is 42.6 Å². The third-order valence-electron chi connectivity index (χ3n) is 5.61. The lowest BCUT2D eigenvalue weighted by Crippen LogP contribution is -2.20. The zero-order valence-corrected chi connectivity index (χ0v) is 20.5. The first-order chi connectivity index (χ1) is 18.7. The minimum absolute atomic E-state index is 0.0311. The summed E-state index contributed by atoms with van der Waals surface area (Å²) in [7, 11) is 1.54. The van der Waals surface area contributed by atoms with E-state index in [9.17, 15) is 18.0 Å². The minimum atomic E-state index is -4.52. The van der Waals surface area contributed by atoms with Crippen molar-refractivity contribution in [3.05, 3.63) is 84.3 Å². The van der Waals surface area contributed by atoms with Gasteiger partial charge in [-0.2, -0.15) is 13.2 Å². The molecule has 13 heteroatoms. The zero-order valence-electron chi connectivity index (χ0n) is 20.5. The Morgan fingerprint density at radius 3 is 2.36 bits per heavy atom. The van der Waals surface area contributed by atoms with Crippen LogP contribution < -0.4 is 20.1 Å². The number of aryl methyl sites for hydroxylation is 1. The maximum Gasteiger partial charge on any atom is 0.416 e. The summed E-state index contributed by atoms with van der Waals surface area (Å²) >= 11 is 0. The molecule has 0 aliphatic heterocycles. The number of ether oxygens (including phenoxy) is 2. The number of carbonyl (C=O) groups is 1. The Hall–Kier alpha value is -5.20. The highest BCUT2D eigenvalue weighted by Gasteiger charge is 2.31. The quantitative estimate of drug-likeness (QED) is 0.276. The van der Waals surface area contributed by atoms with Crippen molar-refractivity contribution in [3.63, 3.8) is 0 Å². The number of benzene rings is 2. The number of imidazole rings is 1. The van der Waals surface area contributed by atoms with E-state index in [1.54, 1.807) is 41.9 Å². The molecule has 0 saturated heterocycles. The molecule has 2 aromatic carbocycles. The molecule has 2 N–H and O–H groups in total. The van der Waals surface area contributed by atoms with Crippen LogP contribution in [0.2, 0.25) is 0 Å². The van der Waals surface area contributed by atoms with Crippen LogP contribution in [-0.4, -0.2) is 37.7 Å². The number of anilines is 2. The number of urea groups is 1. The molecule has 3 aromatic heterocycles. The van der Waals surface area contributed by atoms with Gasteiger partial charge in [-0.1, -0.05) is 6.07 Å². The van der Waals surface area contributed by atoms with Gasteiger partial charge < -0.3 is 20.1 Å². The Morgan fingerprint density at radius 2 is 1.67 bits per heavy atom. The number of fused-ring (bicyclic) bond motifs is 1. The second-order valence-corrected chi connectivity index (χ2v) is 8.28. The Balaban J connectivity index is 1.22. The Kier molecular flexibility index (Phi) is 6.71. The number of halogens is 3. The topological polar surface area (TPSA) is 116 Å². The van der Waals surface area contributed by atoms with Crippen molar-refractivity contribution in [1.82, 2.24) is 24.6 Å². The smallest absolute Gasteiger partial charge is 0.416 e. The Labute approximate surface area is 219 Å². The Morgan fingerprint density at radius 1 is 0.923 bits per heavy atom.